The SMILES string of the molecule is C(=N\S/C=N/c1ccc(Sc2ncccn2)cc1)/Oc1ccccc1. The van der Waals surface area contributed by atoms with Crippen molar-refractivity contribution in [1.82, 2.24) is 9.97 Å². The van der Waals surface area contributed by atoms with E-state index < -0.39 is 0 Å². The predicted molar refractivity (Wildman–Crippen MR) is 104 cm³/mol. The Labute approximate surface area is 154 Å². The fraction of sp³-hybridized carbons (Fsp3) is 0. The van der Waals surface area contributed by atoms with Gasteiger partial charge in [-0.2, -0.15) is 4.40 Å². The van der Waals surface area contributed by atoms with Crippen molar-refractivity contribution in [3.63, 3.8) is 0 Å². The van der Waals surface area contributed by atoms with Crippen molar-refractivity contribution >= 4 is 41.3 Å². The molecule has 0 N–H and O–H groups in total. The van der Waals surface area contributed by atoms with E-state index in [0.29, 0.717) is 0 Å². The number of ether oxygens (including phenoxy) is 1. The molecule has 0 spiro atoms. The second kappa shape index (κ2) is 9.61. The summed E-state index contributed by atoms with van der Waals surface area (Å²) in [5.74, 6) is 0.749. The van der Waals surface area contributed by atoms with E-state index in [1.54, 1.807) is 24.0 Å². The molecule has 0 unspecified atom stereocenters. The molecule has 0 amide bonds. The Bertz CT molecular complexity index is 825. The van der Waals surface area contributed by atoms with Crippen LogP contribution in [0.3, 0.4) is 0 Å². The number of nitrogens with zero attached hydrogens (tertiary/aromatic N) is 4. The van der Waals surface area contributed by atoms with Crippen LogP contribution in [-0.2, 0) is 0 Å². The normalized spacial score (nSPS) is 11.2. The van der Waals surface area contributed by atoms with Gasteiger partial charge >= 0.3 is 0 Å². The fourth-order valence-electron chi connectivity index (χ4n) is 1.76. The summed E-state index contributed by atoms with van der Waals surface area (Å²) in [6, 6.07) is 19.1. The van der Waals surface area contributed by atoms with Gasteiger partial charge in [0.2, 0.25) is 0 Å². The first-order valence-electron chi connectivity index (χ1n) is 7.37. The first kappa shape index (κ1) is 17.2. The van der Waals surface area contributed by atoms with Crippen molar-refractivity contribution in [3.05, 3.63) is 73.1 Å². The number of rotatable bonds is 7. The first-order valence-corrected chi connectivity index (χ1v) is 9.02. The number of para-hydroxylation sites is 1. The Morgan fingerprint density at radius 1 is 0.880 bits per heavy atom. The van der Waals surface area contributed by atoms with Crippen LogP contribution < -0.4 is 4.74 Å². The quantitative estimate of drug-likeness (QED) is 0.254. The van der Waals surface area contributed by atoms with Crippen LogP contribution in [0.25, 0.3) is 0 Å². The van der Waals surface area contributed by atoms with Gasteiger partial charge in [0, 0.05) is 29.2 Å². The van der Waals surface area contributed by atoms with Gasteiger partial charge in [-0.15, -0.1) is 0 Å². The van der Waals surface area contributed by atoms with E-state index in [4.69, 9.17) is 4.74 Å². The molecule has 25 heavy (non-hydrogen) atoms. The average Bonchev–Trinajstić information content (AvgIpc) is 2.67. The lowest BCUT2D eigenvalue weighted by Gasteiger charge is -1.99. The number of benzene rings is 2. The summed E-state index contributed by atoms with van der Waals surface area (Å²) >= 11 is 2.71. The van der Waals surface area contributed by atoms with Gasteiger partial charge in [0.1, 0.15) is 5.75 Å². The van der Waals surface area contributed by atoms with Gasteiger partial charge in [0.15, 0.2) is 11.6 Å². The molecule has 3 aromatic rings. The van der Waals surface area contributed by atoms with Crippen molar-refractivity contribution in [2.24, 2.45) is 9.39 Å². The Morgan fingerprint density at radius 3 is 2.40 bits per heavy atom. The van der Waals surface area contributed by atoms with E-state index in [1.807, 2.05) is 54.6 Å². The van der Waals surface area contributed by atoms with Crippen LogP contribution in [0, 0.1) is 0 Å². The summed E-state index contributed by atoms with van der Waals surface area (Å²) in [6.07, 6.45) is 4.85. The van der Waals surface area contributed by atoms with Crippen molar-refractivity contribution in [2.45, 2.75) is 10.1 Å². The third kappa shape index (κ3) is 6.06. The maximum Gasteiger partial charge on any atom is 0.192 e. The van der Waals surface area contributed by atoms with Crippen molar-refractivity contribution in [3.8, 4) is 5.75 Å². The van der Waals surface area contributed by atoms with Gasteiger partial charge in [0.25, 0.3) is 0 Å². The molecule has 0 aliphatic heterocycles. The van der Waals surface area contributed by atoms with E-state index in [9.17, 15) is 0 Å². The van der Waals surface area contributed by atoms with Gasteiger partial charge in [-0.3, -0.25) is 0 Å². The van der Waals surface area contributed by atoms with Gasteiger partial charge < -0.3 is 4.74 Å². The Morgan fingerprint density at radius 2 is 1.64 bits per heavy atom. The second-order valence-electron chi connectivity index (χ2n) is 4.61. The van der Waals surface area contributed by atoms with Gasteiger partial charge in [-0.05, 0) is 54.2 Å². The monoisotopic (exact) mass is 366 g/mol. The molecule has 1 aromatic heterocycles. The smallest absolute Gasteiger partial charge is 0.192 e. The van der Waals surface area contributed by atoms with E-state index in [2.05, 4.69) is 19.4 Å². The molecule has 3 rings (SSSR count). The summed E-state index contributed by atoms with van der Waals surface area (Å²) in [5.41, 5.74) is 2.51. The van der Waals surface area contributed by atoms with Crippen molar-refractivity contribution in [2.75, 3.05) is 0 Å². The van der Waals surface area contributed by atoms with Crippen LogP contribution in [0.15, 0.2) is 92.5 Å². The standard InChI is InChI=1S/C18H14N4OS2/c1-2-5-16(6-3-1)23-13-22-24-14-21-15-7-9-17(10-8-15)25-18-19-11-4-12-20-18/h1-14H/b21-14+,22-13+. The van der Waals surface area contributed by atoms with E-state index >= 15 is 0 Å². The zero-order chi connectivity index (χ0) is 17.2. The minimum absolute atomic E-state index is 0.724. The molecule has 7 heteroatoms. The molecule has 0 bridgehead atoms. The van der Waals surface area contributed by atoms with E-state index in [0.717, 1.165) is 21.5 Å². The summed E-state index contributed by atoms with van der Waals surface area (Å²) in [7, 11) is 0. The molecular formula is C18H14N4OS2. The van der Waals surface area contributed by atoms with Crippen LogP contribution in [0.1, 0.15) is 0 Å². The third-order valence-corrected chi connectivity index (χ3v) is 4.18. The Hall–Kier alpha value is -2.64. The molecule has 0 atom stereocenters. The Kier molecular flexibility index (Phi) is 6.61. The molecule has 0 saturated heterocycles. The summed E-state index contributed by atoms with van der Waals surface area (Å²) in [4.78, 5) is 13.8. The molecule has 2 aromatic carbocycles. The molecular weight excluding hydrogens is 352 g/mol. The summed E-state index contributed by atoms with van der Waals surface area (Å²) < 4.78 is 9.40. The highest BCUT2D eigenvalue weighted by molar-refractivity contribution is 8.11. The molecule has 1 heterocycles. The fourth-order valence-corrected chi connectivity index (χ4v) is 2.79. The predicted octanol–water partition coefficient (Wildman–Crippen LogP) is 5.04. The van der Waals surface area contributed by atoms with Crippen LogP contribution >= 0.6 is 23.7 Å². The third-order valence-electron chi connectivity index (χ3n) is 2.87. The number of hydrogen-bond donors (Lipinski definition) is 0. The summed E-state index contributed by atoms with van der Waals surface area (Å²) in [5, 5.41) is 0.724. The van der Waals surface area contributed by atoms with Crippen LogP contribution in [0.2, 0.25) is 0 Å². The first-order chi connectivity index (χ1) is 12.4. The molecule has 0 fully saturated rings. The van der Waals surface area contributed by atoms with E-state index in [1.165, 1.54) is 30.1 Å². The van der Waals surface area contributed by atoms with E-state index in [-0.39, 0.29) is 0 Å². The number of hydrogen-bond acceptors (Lipinski definition) is 7. The minimum atomic E-state index is 0.724. The van der Waals surface area contributed by atoms with Crippen LogP contribution in [0.4, 0.5) is 5.69 Å². The van der Waals surface area contributed by atoms with Gasteiger partial charge in [0.05, 0.1) is 11.2 Å². The average molecular weight is 366 g/mol. The largest absolute Gasteiger partial charge is 0.445 e. The maximum atomic E-state index is 5.34. The van der Waals surface area contributed by atoms with Crippen LogP contribution in [0.5, 0.6) is 5.75 Å². The zero-order valence-electron chi connectivity index (χ0n) is 13.1. The second-order valence-corrected chi connectivity index (χ2v) is 6.28. The molecule has 124 valence electrons. The lowest BCUT2D eigenvalue weighted by molar-refractivity contribution is 0.576. The minimum Gasteiger partial charge on any atom is -0.445 e. The lowest BCUT2D eigenvalue weighted by atomic mass is 10.3. The van der Waals surface area contributed by atoms with Crippen molar-refractivity contribution < 1.29 is 4.74 Å². The summed E-state index contributed by atoms with van der Waals surface area (Å²) in [6.45, 7) is 0. The highest BCUT2D eigenvalue weighted by atomic mass is 32.2. The maximum absolute atomic E-state index is 5.34. The highest BCUT2D eigenvalue weighted by Crippen LogP contribution is 2.26. The molecule has 5 nitrogen and oxygen atoms in total. The van der Waals surface area contributed by atoms with Crippen molar-refractivity contribution in [1.29, 1.82) is 0 Å². The highest BCUT2D eigenvalue weighted by Gasteiger charge is 1.99. The molecule has 0 radical (unpaired) electrons. The Balaban J connectivity index is 1.45. The molecule has 0 saturated carbocycles. The van der Waals surface area contributed by atoms with Crippen LogP contribution in [-0.4, -0.2) is 21.9 Å². The molecule has 0 aliphatic rings. The number of aliphatic imine (C=N–C) groups is 1. The zero-order valence-corrected chi connectivity index (χ0v) is 14.7. The van der Waals surface area contributed by atoms with Gasteiger partial charge in [-0.1, -0.05) is 18.2 Å². The molecule has 0 aliphatic carbocycles. The lowest BCUT2D eigenvalue weighted by Crippen LogP contribution is -1.87. The topological polar surface area (TPSA) is 59.7 Å². The number of aromatic nitrogens is 2. The van der Waals surface area contributed by atoms with Gasteiger partial charge in [-0.25, -0.2) is 15.0 Å².